The lowest BCUT2D eigenvalue weighted by Gasteiger charge is -2.22. The average molecular weight is 240 g/mol. The molecule has 0 N–H and O–H groups in total. The summed E-state index contributed by atoms with van der Waals surface area (Å²) in [4.78, 5) is 16.2. The van der Waals surface area contributed by atoms with E-state index in [1.807, 2.05) is 0 Å². The molecule has 5 nitrogen and oxygen atoms in total. The molecular formula is C10H14N3O2S+. The van der Waals surface area contributed by atoms with E-state index in [1.54, 1.807) is 39.3 Å². The summed E-state index contributed by atoms with van der Waals surface area (Å²) in [7, 11) is 0. The number of hydrogen-bond donors (Lipinski definition) is 0. The number of nitrogens with zero attached hydrogens (tertiary/aromatic N) is 3. The zero-order valence-corrected chi connectivity index (χ0v) is 10.5. The molecule has 2 rings (SSSR count). The van der Waals surface area contributed by atoms with Crippen LogP contribution in [0.1, 0.15) is 32.7 Å². The molecule has 0 amide bonds. The quantitative estimate of drug-likeness (QED) is 0.555. The van der Waals surface area contributed by atoms with Gasteiger partial charge in [-0.3, -0.25) is 0 Å². The topological polar surface area (TPSA) is 59.0 Å². The van der Waals surface area contributed by atoms with Gasteiger partial charge in [-0.1, -0.05) is 0 Å². The van der Waals surface area contributed by atoms with Gasteiger partial charge in [-0.15, -0.1) is 16.1 Å². The second-order valence-electron chi connectivity index (χ2n) is 4.87. The number of rotatable bonds is 1. The van der Waals surface area contributed by atoms with Crippen LogP contribution in [-0.4, -0.2) is 31.4 Å². The van der Waals surface area contributed by atoms with Crippen molar-refractivity contribution in [3.63, 3.8) is 0 Å². The maximum atomic E-state index is 12.2. The van der Waals surface area contributed by atoms with Crippen LogP contribution in [0.4, 0.5) is 0 Å². The Hall–Kier alpha value is -1.30. The number of nitroso groups, excluding NO2 is 1. The van der Waals surface area contributed by atoms with Crippen LogP contribution in [0.25, 0.3) is 0 Å². The number of thiazole rings is 1. The molecule has 0 saturated heterocycles. The summed E-state index contributed by atoms with van der Waals surface area (Å²) in [5, 5.41) is 14.4. The minimum atomic E-state index is -0.768. The summed E-state index contributed by atoms with van der Waals surface area (Å²) >= 11 is 1.30. The maximum absolute atomic E-state index is 12.2. The monoisotopic (exact) mass is 240 g/mol. The highest BCUT2D eigenvalue weighted by atomic mass is 32.1. The van der Waals surface area contributed by atoms with Gasteiger partial charge < -0.3 is 5.21 Å². The second kappa shape index (κ2) is 3.10. The summed E-state index contributed by atoms with van der Waals surface area (Å²) in [6.45, 7) is 7.08. The van der Waals surface area contributed by atoms with Crippen molar-refractivity contribution in [1.29, 1.82) is 0 Å². The highest BCUT2D eigenvalue weighted by Crippen LogP contribution is 2.35. The summed E-state index contributed by atoms with van der Waals surface area (Å²) in [5.74, 6) is 0.116. The molecule has 0 unspecified atom stereocenters. The van der Waals surface area contributed by atoms with Crippen molar-refractivity contribution in [3.8, 4) is 0 Å². The van der Waals surface area contributed by atoms with E-state index in [0.29, 0.717) is 5.01 Å². The van der Waals surface area contributed by atoms with Crippen LogP contribution >= 0.6 is 11.3 Å². The second-order valence-corrected chi connectivity index (χ2v) is 5.76. The largest absolute Gasteiger partial charge is 0.618 e. The van der Waals surface area contributed by atoms with Crippen molar-refractivity contribution in [2.75, 3.05) is 0 Å². The molecule has 0 spiro atoms. The van der Waals surface area contributed by atoms with Crippen LogP contribution in [-0.2, 0) is 0 Å². The first-order valence-corrected chi connectivity index (χ1v) is 5.89. The molecule has 6 heteroatoms. The molecule has 0 aliphatic carbocycles. The van der Waals surface area contributed by atoms with Gasteiger partial charge in [0.25, 0.3) is 10.5 Å². The zero-order chi connectivity index (χ0) is 12.1. The molecular weight excluding hydrogens is 226 g/mol. The minimum absolute atomic E-state index is 0.116. The Morgan fingerprint density at radius 1 is 1.31 bits per heavy atom. The normalized spacial score (nSPS) is 22.9. The van der Waals surface area contributed by atoms with Gasteiger partial charge in [0.1, 0.15) is 4.76 Å². The van der Waals surface area contributed by atoms with E-state index in [9.17, 15) is 10.1 Å². The summed E-state index contributed by atoms with van der Waals surface area (Å²) in [5.41, 5.74) is -1.54. The fraction of sp³-hybridized carbons (Fsp3) is 0.600. The SMILES string of the molecule is CC1(C)[N+](=O)C(c2nccs2)=[N+]([O-])C1(C)C. The Bertz CT molecular complexity index is 474. The number of amidine groups is 1. The third-order valence-corrected chi connectivity index (χ3v) is 4.29. The Labute approximate surface area is 97.6 Å². The van der Waals surface area contributed by atoms with Crippen molar-refractivity contribution in [3.05, 3.63) is 26.7 Å². The lowest BCUT2D eigenvalue weighted by Crippen LogP contribution is -2.50. The van der Waals surface area contributed by atoms with Gasteiger partial charge in [0.2, 0.25) is 5.54 Å². The van der Waals surface area contributed by atoms with Crippen molar-refractivity contribution < 1.29 is 9.50 Å². The summed E-state index contributed by atoms with van der Waals surface area (Å²) in [6.07, 6.45) is 1.59. The van der Waals surface area contributed by atoms with Crippen molar-refractivity contribution >= 4 is 17.2 Å². The van der Waals surface area contributed by atoms with E-state index in [4.69, 9.17) is 0 Å². The van der Waals surface area contributed by atoms with Crippen molar-refractivity contribution in [1.82, 2.24) is 4.98 Å². The van der Waals surface area contributed by atoms with Gasteiger partial charge in [-0.05, 0) is 0 Å². The zero-order valence-electron chi connectivity index (χ0n) is 9.72. The van der Waals surface area contributed by atoms with Crippen LogP contribution < -0.4 is 0 Å². The van der Waals surface area contributed by atoms with Crippen LogP contribution in [0, 0.1) is 10.1 Å². The molecule has 0 radical (unpaired) electrons. The van der Waals surface area contributed by atoms with Crippen LogP contribution in [0.15, 0.2) is 11.6 Å². The van der Waals surface area contributed by atoms with E-state index in [2.05, 4.69) is 4.98 Å². The van der Waals surface area contributed by atoms with E-state index >= 15 is 0 Å². The summed E-state index contributed by atoms with van der Waals surface area (Å²) < 4.78 is 1.55. The van der Waals surface area contributed by atoms with Crippen LogP contribution in [0.2, 0.25) is 0 Å². The molecule has 2 heterocycles. The van der Waals surface area contributed by atoms with E-state index in [1.165, 1.54) is 11.3 Å². The highest BCUT2D eigenvalue weighted by Gasteiger charge is 2.68. The minimum Gasteiger partial charge on any atom is -0.618 e. The predicted octanol–water partition coefficient (Wildman–Crippen LogP) is 1.75. The maximum Gasteiger partial charge on any atom is 0.534 e. The molecule has 0 saturated carbocycles. The third kappa shape index (κ3) is 1.16. The number of aromatic nitrogens is 1. The molecule has 1 aromatic heterocycles. The molecule has 1 aliphatic heterocycles. The first-order valence-electron chi connectivity index (χ1n) is 5.01. The molecule has 1 aromatic rings. The van der Waals surface area contributed by atoms with Gasteiger partial charge in [0, 0.05) is 44.2 Å². The smallest absolute Gasteiger partial charge is 0.534 e. The Morgan fingerprint density at radius 2 is 1.94 bits per heavy atom. The molecule has 0 aromatic carbocycles. The van der Waals surface area contributed by atoms with Gasteiger partial charge in [-0.2, -0.15) is 0 Å². The summed E-state index contributed by atoms with van der Waals surface area (Å²) in [6, 6.07) is 0. The Kier molecular flexibility index (Phi) is 2.17. The van der Waals surface area contributed by atoms with Crippen molar-refractivity contribution in [2.24, 2.45) is 0 Å². The Balaban J connectivity index is 2.64. The lowest BCUT2D eigenvalue weighted by atomic mass is 9.84. The standard InChI is InChI=1S/C10H14N3O2S/c1-9(2)10(3,4)13(15)8(12(9)14)7-11-5-6-16-7/h5-6H,1-4H3/q+1. The molecule has 16 heavy (non-hydrogen) atoms. The molecule has 86 valence electrons. The first kappa shape index (κ1) is 11.2. The first-order chi connectivity index (χ1) is 7.30. The Morgan fingerprint density at radius 3 is 2.31 bits per heavy atom. The van der Waals surface area contributed by atoms with E-state index in [-0.39, 0.29) is 5.84 Å². The van der Waals surface area contributed by atoms with Gasteiger partial charge >= 0.3 is 5.84 Å². The van der Waals surface area contributed by atoms with Gasteiger partial charge in [-0.25, -0.2) is 4.98 Å². The fourth-order valence-electron chi connectivity index (χ4n) is 1.62. The average Bonchev–Trinajstić information content (AvgIpc) is 2.73. The van der Waals surface area contributed by atoms with Crippen molar-refractivity contribution in [2.45, 2.75) is 38.8 Å². The highest BCUT2D eigenvalue weighted by molar-refractivity contribution is 7.11. The molecule has 0 bridgehead atoms. The third-order valence-electron chi connectivity index (χ3n) is 3.52. The fourth-order valence-corrected chi connectivity index (χ4v) is 2.26. The van der Waals surface area contributed by atoms with E-state index < -0.39 is 11.1 Å². The van der Waals surface area contributed by atoms with E-state index in [0.717, 1.165) is 9.50 Å². The molecule has 0 atom stereocenters. The number of hydrogen-bond acceptors (Lipinski definition) is 4. The van der Waals surface area contributed by atoms with Crippen LogP contribution in [0.5, 0.6) is 0 Å². The lowest BCUT2D eigenvalue weighted by molar-refractivity contribution is -0.555. The molecule has 1 aliphatic rings. The molecule has 0 fully saturated rings. The van der Waals surface area contributed by atoms with Gasteiger partial charge in [0.05, 0.1) is 0 Å². The predicted molar refractivity (Wildman–Crippen MR) is 61.6 cm³/mol. The van der Waals surface area contributed by atoms with Gasteiger partial charge in [0.15, 0.2) is 0 Å². The number of hydroxylamine groups is 1. The van der Waals surface area contributed by atoms with Crippen LogP contribution in [0.3, 0.4) is 0 Å².